The van der Waals surface area contributed by atoms with Crippen LogP contribution in [0.15, 0.2) is 35.8 Å². The number of Topliss-reactive ketones (excluding diaryl/α,β-unsaturated/α-hetero) is 1. The van der Waals surface area contributed by atoms with Crippen LogP contribution in [0.2, 0.25) is 0 Å². The van der Waals surface area contributed by atoms with Crippen molar-refractivity contribution >= 4 is 11.7 Å². The number of benzene rings is 1. The van der Waals surface area contributed by atoms with Gasteiger partial charge < -0.3 is 14.8 Å². The Bertz CT molecular complexity index is 903. The van der Waals surface area contributed by atoms with Gasteiger partial charge in [0.05, 0.1) is 13.2 Å². The lowest BCUT2D eigenvalue weighted by atomic mass is 9.85. The highest BCUT2D eigenvalue weighted by Gasteiger charge is 2.36. The lowest BCUT2D eigenvalue weighted by Gasteiger charge is -2.32. The number of rotatable bonds is 7. The van der Waals surface area contributed by atoms with Gasteiger partial charge in [0.25, 0.3) is 0 Å². The summed E-state index contributed by atoms with van der Waals surface area (Å²) in [5.41, 5.74) is 2.69. The summed E-state index contributed by atoms with van der Waals surface area (Å²) in [6.07, 6.45) is 5.86. The molecular weight excluding hydrogens is 356 g/mol. The van der Waals surface area contributed by atoms with Gasteiger partial charge in [-0.05, 0) is 43.9 Å². The third kappa shape index (κ3) is 3.37. The van der Waals surface area contributed by atoms with E-state index in [1.807, 2.05) is 25.1 Å². The molecule has 4 rings (SSSR count). The van der Waals surface area contributed by atoms with Gasteiger partial charge in [0.2, 0.25) is 5.95 Å². The Labute approximate surface area is 164 Å². The molecule has 0 radical (unpaired) electrons. The van der Waals surface area contributed by atoms with Gasteiger partial charge in [-0.2, -0.15) is 10.1 Å². The van der Waals surface area contributed by atoms with Crippen molar-refractivity contribution in [3.8, 4) is 11.5 Å². The summed E-state index contributed by atoms with van der Waals surface area (Å²) in [5, 5.41) is 7.67. The van der Waals surface area contributed by atoms with Crippen molar-refractivity contribution in [1.29, 1.82) is 0 Å². The van der Waals surface area contributed by atoms with E-state index in [-0.39, 0.29) is 11.8 Å². The molecule has 0 fully saturated rings. The zero-order valence-electron chi connectivity index (χ0n) is 16.4. The molecule has 1 aliphatic heterocycles. The molecule has 2 aromatic rings. The largest absolute Gasteiger partial charge is 0.490 e. The number of nitrogens with zero attached hydrogens (tertiary/aromatic N) is 3. The number of nitrogens with one attached hydrogen (secondary N) is 1. The second kappa shape index (κ2) is 8.04. The molecule has 0 saturated carbocycles. The topological polar surface area (TPSA) is 78.3 Å². The molecule has 28 heavy (non-hydrogen) atoms. The van der Waals surface area contributed by atoms with Crippen LogP contribution in [0.5, 0.6) is 11.5 Å². The van der Waals surface area contributed by atoms with Crippen LogP contribution < -0.4 is 14.8 Å². The molecule has 1 atom stereocenters. The number of ketones is 1. The number of carbonyl (C=O) groups excluding carboxylic acids is 1. The number of aromatic nitrogens is 3. The number of anilines is 1. The molecular formula is C21H26N4O3. The molecule has 1 aromatic carbocycles. The van der Waals surface area contributed by atoms with Crippen LogP contribution in [0.1, 0.15) is 57.6 Å². The first kappa shape index (κ1) is 18.5. The smallest absolute Gasteiger partial charge is 0.226 e. The summed E-state index contributed by atoms with van der Waals surface area (Å²) in [4.78, 5) is 17.1. The monoisotopic (exact) mass is 382 g/mol. The van der Waals surface area contributed by atoms with Gasteiger partial charge in [0, 0.05) is 17.7 Å². The highest BCUT2D eigenvalue weighted by molar-refractivity contribution is 5.99. The van der Waals surface area contributed by atoms with Crippen LogP contribution >= 0.6 is 0 Å². The van der Waals surface area contributed by atoms with Crippen molar-refractivity contribution in [1.82, 2.24) is 14.8 Å². The number of fused-ring (bicyclic) bond motifs is 1. The minimum absolute atomic E-state index is 0.168. The van der Waals surface area contributed by atoms with Gasteiger partial charge in [-0.25, -0.2) is 4.68 Å². The number of ether oxygens (including phenoxy) is 2. The number of unbranched alkanes of at least 4 members (excludes halogenated alkanes) is 1. The Morgan fingerprint density at radius 1 is 1.21 bits per heavy atom. The molecule has 2 heterocycles. The van der Waals surface area contributed by atoms with Crippen LogP contribution in [0.25, 0.3) is 0 Å². The summed E-state index contributed by atoms with van der Waals surface area (Å²) in [6, 6.07) is 5.60. The Morgan fingerprint density at radius 3 is 2.93 bits per heavy atom. The lowest BCUT2D eigenvalue weighted by Crippen LogP contribution is -2.31. The predicted molar refractivity (Wildman–Crippen MR) is 106 cm³/mol. The third-order valence-electron chi connectivity index (χ3n) is 5.15. The molecule has 0 bridgehead atoms. The Balaban J connectivity index is 1.75. The maximum absolute atomic E-state index is 12.8. The van der Waals surface area contributed by atoms with E-state index in [1.54, 1.807) is 4.68 Å². The quantitative estimate of drug-likeness (QED) is 0.732. The number of hydrogen-bond acceptors (Lipinski definition) is 6. The van der Waals surface area contributed by atoms with Gasteiger partial charge in [-0.1, -0.05) is 19.4 Å². The summed E-state index contributed by atoms with van der Waals surface area (Å²) < 4.78 is 13.5. The SMILES string of the molecule is CCCCOc1ccc(C2C3=C(CCCC3=O)Nc3ncnn32)cc1OCC. The van der Waals surface area contributed by atoms with E-state index in [0.29, 0.717) is 31.3 Å². The van der Waals surface area contributed by atoms with E-state index in [2.05, 4.69) is 22.3 Å². The first-order chi connectivity index (χ1) is 13.7. The molecule has 0 amide bonds. The minimum Gasteiger partial charge on any atom is -0.490 e. The molecule has 148 valence electrons. The summed E-state index contributed by atoms with van der Waals surface area (Å²) in [7, 11) is 0. The van der Waals surface area contributed by atoms with Crippen molar-refractivity contribution < 1.29 is 14.3 Å². The van der Waals surface area contributed by atoms with E-state index in [4.69, 9.17) is 9.47 Å². The second-order valence-electron chi connectivity index (χ2n) is 7.07. The Morgan fingerprint density at radius 2 is 2.11 bits per heavy atom. The average Bonchev–Trinajstić information content (AvgIpc) is 3.16. The zero-order valence-corrected chi connectivity index (χ0v) is 16.4. The fraction of sp³-hybridized carbons (Fsp3) is 0.476. The summed E-state index contributed by atoms with van der Waals surface area (Å²) in [6.45, 7) is 5.29. The maximum Gasteiger partial charge on any atom is 0.226 e. The number of allylic oxidation sites excluding steroid dienone is 2. The van der Waals surface area contributed by atoms with Crippen LogP contribution in [-0.4, -0.2) is 33.8 Å². The average molecular weight is 382 g/mol. The van der Waals surface area contributed by atoms with Crippen molar-refractivity contribution in [2.75, 3.05) is 18.5 Å². The van der Waals surface area contributed by atoms with Crippen molar-refractivity contribution in [2.45, 2.75) is 52.0 Å². The van der Waals surface area contributed by atoms with Gasteiger partial charge in [-0.3, -0.25) is 4.79 Å². The molecule has 1 N–H and O–H groups in total. The number of carbonyl (C=O) groups is 1. The normalized spacial score (nSPS) is 18.4. The molecule has 0 saturated heterocycles. The van der Waals surface area contributed by atoms with Gasteiger partial charge >= 0.3 is 0 Å². The second-order valence-corrected chi connectivity index (χ2v) is 7.07. The Hall–Kier alpha value is -2.83. The highest BCUT2D eigenvalue weighted by Crippen LogP contribution is 2.41. The molecule has 7 nitrogen and oxygen atoms in total. The lowest BCUT2D eigenvalue weighted by molar-refractivity contribution is -0.116. The molecule has 0 spiro atoms. The molecule has 1 unspecified atom stereocenters. The van der Waals surface area contributed by atoms with E-state index in [0.717, 1.165) is 48.3 Å². The molecule has 2 aliphatic rings. The van der Waals surface area contributed by atoms with E-state index < -0.39 is 0 Å². The summed E-state index contributed by atoms with van der Waals surface area (Å²) in [5.74, 6) is 2.26. The standard InChI is InChI=1S/C21H26N4O3/c1-3-5-11-28-17-10-9-14(12-18(17)27-4-2)20-19-15(7-6-8-16(19)26)24-21-22-13-23-25(20)21/h9-10,12-13,20H,3-8,11H2,1-2H3,(H,22,23,24). The van der Waals surface area contributed by atoms with E-state index in [9.17, 15) is 4.79 Å². The highest BCUT2D eigenvalue weighted by atomic mass is 16.5. The first-order valence-corrected chi connectivity index (χ1v) is 10.0. The zero-order chi connectivity index (χ0) is 19.5. The van der Waals surface area contributed by atoms with Crippen LogP contribution in [0, 0.1) is 0 Å². The van der Waals surface area contributed by atoms with E-state index in [1.165, 1.54) is 6.33 Å². The van der Waals surface area contributed by atoms with Gasteiger partial charge in [0.1, 0.15) is 12.4 Å². The van der Waals surface area contributed by atoms with Crippen LogP contribution in [-0.2, 0) is 4.79 Å². The van der Waals surface area contributed by atoms with E-state index >= 15 is 0 Å². The fourth-order valence-electron chi connectivity index (χ4n) is 3.81. The van der Waals surface area contributed by atoms with Crippen LogP contribution in [0.4, 0.5) is 5.95 Å². The van der Waals surface area contributed by atoms with Gasteiger partial charge in [0.15, 0.2) is 17.3 Å². The third-order valence-corrected chi connectivity index (χ3v) is 5.15. The molecule has 7 heteroatoms. The molecule has 1 aromatic heterocycles. The summed E-state index contributed by atoms with van der Waals surface area (Å²) >= 11 is 0. The van der Waals surface area contributed by atoms with Crippen molar-refractivity contribution in [3.63, 3.8) is 0 Å². The minimum atomic E-state index is -0.301. The van der Waals surface area contributed by atoms with Gasteiger partial charge in [-0.15, -0.1) is 0 Å². The maximum atomic E-state index is 12.8. The molecule has 1 aliphatic carbocycles. The number of hydrogen-bond donors (Lipinski definition) is 1. The van der Waals surface area contributed by atoms with Crippen molar-refractivity contribution in [2.24, 2.45) is 0 Å². The Kier molecular flexibility index (Phi) is 5.32. The van der Waals surface area contributed by atoms with Crippen LogP contribution in [0.3, 0.4) is 0 Å². The van der Waals surface area contributed by atoms with Crippen molar-refractivity contribution in [3.05, 3.63) is 41.4 Å². The first-order valence-electron chi connectivity index (χ1n) is 10.0. The fourth-order valence-corrected chi connectivity index (χ4v) is 3.81. The predicted octanol–water partition coefficient (Wildman–Crippen LogP) is 3.88.